The number of aromatic carboxylic acids is 1. The zero-order valence-corrected chi connectivity index (χ0v) is 13.0. The number of carbonyl (C=O) groups is 1. The van der Waals surface area contributed by atoms with Gasteiger partial charge in [-0.15, -0.1) is 11.3 Å². The fourth-order valence-corrected chi connectivity index (χ4v) is 3.91. The Bertz CT molecular complexity index is 393. The molecular formula is C12H20O3SSi. The van der Waals surface area contributed by atoms with Crippen LogP contribution in [0.5, 0.6) is 0 Å². The molecule has 0 fully saturated rings. The van der Waals surface area contributed by atoms with Gasteiger partial charge in [-0.25, -0.2) is 4.79 Å². The molecule has 0 amide bonds. The fourth-order valence-electron chi connectivity index (χ4n) is 1.58. The van der Waals surface area contributed by atoms with Crippen LogP contribution in [0.25, 0.3) is 0 Å². The predicted octanol–water partition coefficient (Wildman–Crippen LogP) is 3.53. The molecule has 5 heteroatoms. The number of hydrogen-bond acceptors (Lipinski definition) is 3. The maximum absolute atomic E-state index is 10.9. The van der Waals surface area contributed by atoms with Crippen LogP contribution in [0.1, 0.15) is 41.4 Å². The largest absolute Gasteiger partial charge is 0.477 e. The molecule has 0 aliphatic carbocycles. The number of thiophene rings is 1. The van der Waals surface area contributed by atoms with Crippen molar-refractivity contribution in [1.82, 2.24) is 0 Å². The van der Waals surface area contributed by atoms with Crippen LogP contribution in [0.15, 0.2) is 12.1 Å². The lowest BCUT2D eigenvalue weighted by molar-refractivity contribution is 0.0702. The van der Waals surface area contributed by atoms with Crippen molar-refractivity contribution in [3.63, 3.8) is 0 Å². The van der Waals surface area contributed by atoms with E-state index in [1.54, 1.807) is 6.07 Å². The van der Waals surface area contributed by atoms with Gasteiger partial charge >= 0.3 is 5.97 Å². The van der Waals surface area contributed by atoms with Crippen molar-refractivity contribution < 1.29 is 14.3 Å². The van der Waals surface area contributed by atoms with Gasteiger partial charge < -0.3 is 9.53 Å². The first-order valence-corrected chi connectivity index (χ1v) is 9.30. The topological polar surface area (TPSA) is 46.5 Å². The third kappa shape index (κ3) is 3.94. The van der Waals surface area contributed by atoms with E-state index in [4.69, 9.17) is 9.53 Å². The van der Waals surface area contributed by atoms with E-state index in [9.17, 15) is 4.79 Å². The van der Waals surface area contributed by atoms with Crippen LogP contribution in [0, 0.1) is 5.41 Å². The lowest BCUT2D eigenvalue weighted by atomic mass is 9.88. The Balaban J connectivity index is 3.00. The van der Waals surface area contributed by atoms with Gasteiger partial charge in [-0.1, -0.05) is 20.8 Å². The van der Waals surface area contributed by atoms with Gasteiger partial charge in [0, 0.05) is 4.88 Å². The monoisotopic (exact) mass is 272 g/mol. The summed E-state index contributed by atoms with van der Waals surface area (Å²) in [6.45, 7) is 10.6. The first-order valence-electron chi connectivity index (χ1n) is 5.70. The van der Waals surface area contributed by atoms with E-state index in [-0.39, 0.29) is 11.5 Å². The molecule has 1 rings (SSSR count). The molecule has 3 nitrogen and oxygen atoms in total. The lowest BCUT2D eigenvalue weighted by Gasteiger charge is -2.31. The molecule has 0 aliphatic heterocycles. The normalized spacial score (nSPS) is 14.0. The summed E-state index contributed by atoms with van der Waals surface area (Å²) in [7, 11) is -1.15. The SMILES string of the molecule is C[SiH](C)OC(c1ccc(C(=O)O)s1)C(C)(C)C. The number of carboxylic acids is 1. The Labute approximate surface area is 108 Å². The highest BCUT2D eigenvalue weighted by Gasteiger charge is 2.29. The summed E-state index contributed by atoms with van der Waals surface area (Å²) >= 11 is 1.32. The summed E-state index contributed by atoms with van der Waals surface area (Å²) in [5, 5.41) is 8.94. The van der Waals surface area contributed by atoms with Gasteiger partial charge in [0.15, 0.2) is 9.04 Å². The number of hydrogen-bond donors (Lipinski definition) is 1. The maximum atomic E-state index is 10.9. The molecule has 0 bridgehead atoms. The van der Waals surface area contributed by atoms with Crippen molar-refractivity contribution in [1.29, 1.82) is 0 Å². The minimum atomic E-state index is -1.15. The summed E-state index contributed by atoms with van der Waals surface area (Å²) in [6.07, 6.45) is -0.00716. The van der Waals surface area contributed by atoms with E-state index in [1.165, 1.54) is 11.3 Å². The fraction of sp³-hybridized carbons (Fsp3) is 0.583. The summed E-state index contributed by atoms with van der Waals surface area (Å²) in [4.78, 5) is 12.3. The highest BCUT2D eigenvalue weighted by atomic mass is 32.1. The van der Waals surface area contributed by atoms with Gasteiger partial charge in [-0.2, -0.15) is 0 Å². The molecule has 1 N–H and O–H groups in total. The highest BCUT2D eigenvalue weighted by Crippen LogP contribution is 2.39. The molecule has 1 aromatic rings. The average Bonchev–Trinajstić information content (AvgIpc) is 2.60. The Morgan fingerprint density at radius 1 is 1.41 bits per heavy atom. The van der Waals surface area contributed by atoms with Gasteiger partial charge in [0.2, 0.25) is 0 Å². The van der Waals surface area contributed by atoms with Crippen LogP contribution in [0.3, 0.4) is 0 Å². The molecule has 0 radical (unpaired) electrons. The summed E-state index contributed by atoms with van der Waals surface area (Å²) in [6, 6.07) is 3.53. The van der Waals surface area contributed by atoms with Crippen LogP contribution in [-0.2, 0) is 4.43 Å². The van der Waals surface area contributed by atoms with Crippen molar-refractivity contribution in [2.45, 2.75) is 40.0 Å². The van der Waals surface area contributed by atoms with Crippen LogP contribution >= 0.6 is 11.3 Å². The highest BCUT2D eigenvalue weighted by molar-refractivity contribution is 7.14. The first-order chi connectivity index (χ1) is 7.71. The Kier molecular flexibility index (Phi) is 4.52. The quantitative estimate of drug-likeness (QED) is 0.853. The van der Waals surface area contributed by atoms with E-state index in [0.29, 0.717) is 4.88 Å². The van der Waals surface area contributed by atoms with Crippen LogP contribution < -0.4 is 0 Å². The third-order valence-electron chi connectivity index (χ3n) is 2.29. The van der Waals surface area contributed by atoms with E-state index >= 15 is 0 Å². The van der Waals surface area contributed by atoms with Crippen molar-refractivity contribution >= 4 is 26.3 Å². The molecule has 17 heavy (non-hydrogen) atoms. The molecule has 0 saturated heterocycles. The molecule has 0 spiro atoms. The second-order valence-electron chi connectivity index (χ2n) is 5.44. The molecule has 1 aromatic heterocycles. The zero-order chi connectivity index (χ0) is 13.2. The second kappa shape index (κ2) is 5.33. The van der Waals surface area contributed by atoms with Crippen LogP contribution in [0.4, 0.5) is 0 Å². The molecule has 0 aliphatic rings. The van der Waals surface area contributed by atoms with Crippen molar-refractivity contribution in [2.75, 3.05) is 0 Å². The van der Waals surface area contributed by atoms with E-state index in [1.807, 2.05) is 6.07 Å². The smallest absolute Gasteiger partial charge is 0.345 e. The van der Waals surface area contributed by atoms with Crippen LogP contribution in [-0.4, -0.2) is 20.1 Å². The van der Waals surface area contributed by atoms with E-state index < -0.39 is 15.0 Å². The van der Waals surface area contributed by atoms with Gasteiger partial charge in [0.05, 0.1) is 6.10 Å². The summed E-state index contributed by atoms with van der Waals surface area (Å²) < 4.78 is 6.05. The Morgan fingerprint density at radius 3 is 2.35 bits per heavy atom. The van der Waals surface area contributed by atoms with Gasteiger partial charge in [-0.3, -0.25) is 0 Å². The summed E-state index contributed by atoms with van der Waals surface area (Å²) in [5.41, 5.74) is -0.0160. The molecule has 1 unspecified atom stereocenters. The van der Waals surface area contributed by atoms with Gasteiger partial charge in [0.25, 0.3) is 0 Å². The molecule has 1 atom stereocenters. The van der Waals surface area contributed by atoms with E-state index in [2.05, 4.69) is 33.9 Å². The third-order valence-corrected chi connectivity index (χ3v) is 4.22. The first kappa shape index (κ1) is 14.4. The van der Waals surface area contributed by atoms with Crippen molar-refractivity contribution in [2.24, 2.45) is 5.41 Å². The van der Waals surface area contributed by atoms with Gasteiger partial charge in [0.1, 0.15) is 4.88 Å². The maximum Gasteiger partial charge on any atom is 0.345 e. The molecule has 1 heterocycles. The second-order valence-corrected chi connectivity index (χ2v) is 8.92. The van der Waals surface area contributed by atoms with Crippen LogP contribution in [0.2, 0.25) is 13.1 Å². The molecule has 0 saturated carbocycles. The van der Waals surface area contributed by atoms with Gasteiger partial charge in [-0.05, 0) is 30.6 Å². The van der Waals surface area contributed by atoms with Crippen molar-refractivity contribution in [3.05, 3.63) is 21.9 Å². The predicted molar refractivity (Wildman–Crippen MR) is 73.4 cm³/mol. The molecule has 0 aromatic carbocycles. The minimum Gasteiger partial charge on any atom is -0.477 e. The summed E-state index contributed by atoms with van der Waals surface area (Å²) in [5.74, 6) is -0.865. The minimum absolute atomic E-state index is 0.00716. The number of rotatable bonds is 4. The zero-order valence-electron chi connectivity index (χ0n) is 11.0. The lowest BCUT2D eigenvalue weighted by Crippen LogP contribution is -2.25. The van der Waals surface area contributed by atoms with E-state index in [0.717, 1.165) is 4.88 Å². The Hall–Kier alpha value is -0.653. The molecule has 96 valence electrons. The standard InChI is InChI=1S/C12H20O3SSi/c1-12(2,3)10(15-17(4)5)8-6-7-9(16-8)11(13)14/h6-7,10,17H,1-5H3,(H,13,14). The Morgan fingerprint density at radius 2 is 2.00 bits per heavy atom. The number of carboxylic acid groups (broad SMARTS) is 1. The van der Waals surface area contributed by atoms with Crippen molar-refractivity contribution in [3.8, 4) is 0 Å². The average molecular weight is 272 g/mol. The molecular weight excluding hydrogens is 252 g/mol.